The van der Waals surface area contributed by atoms with Gasteiger partial charge in [0, 0.05) is 0 Å². The largest absolute Gasteiger partial charge is 0.493 e. The second-order valence-corrected chi connectivity index (χ2v) is 10.5. The minimum atomic E-state index is -0.749. The molecule has 0 saturated heterocycles. The molecule has 42 heavy (non-hydrogen) atoms. The Hall–Kier alpha value is -4.63. The highest BCUT2D eigenvalue weighted by molar-refractivity contribution is 7.07. The highest BCUT2D eigenvalue weighted by Crippen LogP contribution is 2.36. The van der Waals surface area contributed by atoms with Crippen molar-refractivity contribution in [3.8, 4) is 17.2 Å². The number of carbonyl (C=O) groups is 1. The number of benzene rings is 3. The van der Waals surface area contributed by atoms with E-state index in [4.69, 9.17) is 18.9 Å². The number of thiazole rings is 1. The van der Waals surface area contributed by atoms with Gasteiger partial charge in [-0.2, -0.15) is 0 Å². The van der Waals surface area contributed by atoms with Gasteiger partial charge in [0.05, 0.1) is 42.2 Å². The fraction of sp³-hybridized carbons (Fsp3) is 0.242. The Morgan fingerprint density at radius 3 is 2.43 bits per heavy atom. The molecule has 0 radical (unpaired) electrons. The Bertz CT molecular complexity index is 1790. The Balaban J connectivity index is 1.54. The minimum Gasteiger partial charge on any atom is -0.493 e. The lowest BCUT2D eigenvalue weighted by Gasteiger charge is -2.25. The molecular formula is C33H32N2O6S. The van der Waals surface area contributed by atoms with E-state index in [0.29, 0.717) is 50.9 Å². The van der Waals surface area contributed by atoms with Crippen molar-refractivity contribution >= 4 is 23.4 Å². The summed E-state index contributed by atoms with van der Waals surface area (Å²) in [6, 6.07) is 22.2. The van der Waals surface area contributed by atoms with Crippen LogP contribution in [0.2, 0.25) is 0 Å². The van der Waals surface area contributed by atoms with Gasteiger partial charge < -0.3 is 18.9 Å². The molecule has 4 aromatic rings. The summed E-state index contributed by atoms with van der Waals surface area (Å²) < 4.78 is 24.6. The van der Waals surface area contributed by atoms with Crippen molar-refractivity contribution in [1.29, 1.82) is 0 Å². The average molecular weight is 585 g/mol. The van der Waals surface area contributed by atoms with Gasteiger partial charge >= 0.3 is 5.97 Å². The number of aromatic nitrogens is 1. The molecule has 2 heterocycles. The molecule has 0 spiro atoms. The summed E-state index contributed by atoms with van der Waals surface area (Å²) >= 11 is 1.27. The van der Waals surface area contributed by atoms with Gasteiger partial charge in [-0.3, -0.25) is 9.36 Å². The molecule has 1 unspecified atom stereocenters. The molecule has 0 amide bonds. The quantitative estimate of drug-likeness (QED) is 0.249. The van der Waals surface area contributed by atoms with E-state index in [1.165, 1.54) is 11.3 Å². The molecule has 5 rings (SSSR count). The van der Waals surface area contributed by atoms with Crippen LogP contribution in [0.3, 0.4) is 0 Å². The molecule has 0 N–H and O–H groups in total. The predicted molar refractivity (Wildman–Crippen MR) is 162 cm³/mol. The van der Waals surface area contributed by atoms with Crippen LogP contribution in [-0.2, 0) is 16.1 Å². The van der Waals surface area contributed by atoms with E-state index in [1.807, 2.05) is 73.7 Å². The van der Waals surface area contributed by atoms with Gasteiger partial charge in [-0.05, 0) is 67.8 Å². The number of carbonyl (C=O) groups excluding carboxylic acids is 1. The number of hydrogen-bond donors (Lipinski definition) is 0. The summed E-state index contributed by atoms with van der Waals surface area (Å²) in [6.45, 7) is 6.49. The standard InChI is InChI=1S/C33H32N2O6S/c1-5-39-27-19-24(14-17-26(27)38-4)30-29(32(37)40-6-2)21(3)34-33-35(30)31(36)28(42-33)18-22-12-15-25(16-13-22)41-20-23-10-8-7-9-11-23/h7-19,30H,5-6,20H2,1-4H3/b28-18-. The molecule has 1 aromatic heterocycles. The molecule has 0 bridgehead atoms. The number of nitrogens with zero attached hydrogens (tertiary/aromatic N) is 2. The zero-order valence-electron chi connectivity index (χ0n) is 24.0. The van der Waals surface area contributed by atoms with Crippen molar-refractivity contribution in [2.75, 3.05) is 20.3 Å². The first-order valence-electron chi connectivity index (χ1n) is 13.7. The molecule has 8 nitrogen and oxygen atoms in total. The molecule has 1 aliphatic heterocycles. The normalized spacial score (nSPS) is 14.7. The number of allylic oxidation sites excluding steroid dienone is 1. The molecule has 0 saturated carbocycles. The number of fused-ring (bicyclic) bond motifs is 1. The van der Waals surface area contributed by atoms with Gasteiger partial charge in [-0.1, -0.05) is 59.9 Å². The summed E-state index contributed by atoms with van der Waals surface area (Å²) in [5, 5.41) is 0. The van der Waals surface area contributed by atoms with Crippen LogP contribution in [0, 0.1) is 0 Å². The van der Waals surface area contributed by atoms with Gasteiger partial charge in [0.2, 0.25) is 0 Å². The third-order valence-corrected chi connectivity index (χ3v) is 7.73. The van der Waals surface area contributed by atoms with E-state index in [1.54, 1.807) is 37.7 Å². The zero-order valence-corrected chi connectivity index (χ0v) is 24.8. The van der Waals surface area contributed by atoms with Crippen molar-refractivity contribution in [2.45, 2.75) is 33.4 Å². The van der Waals surface area contributed by atoms with Crippen LogP contribution in [0.1, 0.15) is 43.5 Å². The van der Waals surface area contributed by atoms with Gasteiger partial charge in [0.1, 0.15) is 12.4 Å². The second-order valence-electron chi connectivity index (χ2n) is 9.49. The summed E-state index contributed by atoms with van der Waals surface area (Å²) in [4.78, 5) is 32.3. The number of rotatable bonds is 10. The van der Waals surface area contributed by atoms with Crippen molar-refractivity contribution in [3.63, 3.8) is 0 Å². The Morgan fingerprint density at radius 2 is 1.74 bits per heavy atom. The molecule has 1 atom stereocenters. The summed E-state index contributed by atoms with van der Waals surface area (Å²) in [5.41, 5.74) is 3.16. The van der Waals surface area contributed by atoms with E-state index >= 15 is 0 Å². The van der Waals surface area contributed by atoms with Gasteiger partial charge in [0.25, 0.3) is 5.56 Å². The number of esters is 1. The molecule has 3 aromatic carbocycles. The van der Waals surface area contributed by atoms with Crippen molar-refractivity contribution in [2.24, 2.45) is 4.99 Å². The molecule has 0 fully saturated rings. The first-order chi connectivity index (χ1) is 20.4. The molecule has 9 heteroatoms. The monoisotopic (exact) mass is 584 g/mol. The first-order valence-corrected chi connectivity index (χ1v) is 14.5. The topological polar surface area (TPSA) is 88.4 Å². The van der Waals surface area contributed by atoms with E-state index in [0.717, 1.165) is 16.9 Å². The maximum Gasteiger partial charge on any atom is 0.338 e. The lowest BCUT2D eigenvalue weighted by Crippen LogP contribution is -2.40. The fourth-order valence-corrected chi connectivity index (χ4v) is 5.84. The Kier molecular flexibility index (Phi) is 8.88. The third kappa shape index (κ3) is 6.01. The minimum absolute atomic E-state index is 0.199. The lowest BCUT2D eigenvalue weighted by atomic mass is 9.95. The summed E-state index contributed by atoms with van der Waals surface area (Å²) in [5.74, 6) is 1.30. The smallest absolute Gasteiger partial charge is 0.338 e. The summed E-state index contributed by atoms with van der Waals surface area (Å²) in [6.07, 6.45) is 1.82. The second kappa shape index (κ2) is 12.9. The van der Waals surface area contributed by atoms with Crippen molar-refractivity contribution < 1.29 is 23.7 Å². The van der Waals surface area contributed by atoms with Crippen LogP contribution < -0.4 is 29.1 Å². The number of hydrogen-bond acceptors (Lipinski definition) is 8. The maximum absolute atomic E-state index is 13.9. The molecule has 216 valence electrons. The number of ether oxygens (including phenoxy) is 4. The Labute approximate surface area is 247 Å². The van der Waals surface area contributed by atoms with E-state index in [2.05, 4.69) is 4.99 Å². The highest BCUT2D eigenvalue weighted by Gasteiger charge is 2.34. The van der Waals surface area contributed by atoms with Crippen molar-refractivity contribution in [3.05, 3.63) is 120 Å². The third-order valence-electron chi connectivity index (χ3n) is 6.75. The van der Waals surface area contributed by atoms with E-state index in [9.17, 15) is 9.59 Å². The average Bonchev–Trinajstić information content (AvgIpc) is 3.30. The molecule has 0 aliphatic carbocycles. The predicted octanol–water partition coefficient (Wildman–Crippen LogP) is 4.78. The van der Waals surface area contributed by atoms with Crippen LogP contribution in [0.4, 0.5) is 0 Å². The maximum atomic E-state index is 13.9. The van der Waals surface area contributed by atoms with Gasteiger partial charge in [-0.15, -0.1) is 0 Å². The van der Waals surface area contributed by atoms with Crippen LogP contribution in [0.25, 0.3) is 6.08 Å². The van der Waals surface area contributed by atoms with Crippen LogP contribution in [0.5, 0.6) is 17.2 Å². The molecule has 1 aliphatic rings. The van der Waals surface area contributed by atoms with E-state index < -0.39 is 12.0 Å². The number of methoxy groups -OCH3 is 1. The molecular weight excluding hydrogens is 552 g/mol. The van der Waals surface area contributed by atoms with E-state index in [-0.39, 0.29) is 12.2 Å². The zero-order chi connectivity index (χ0) is 29.6. The van der Waals surface area contributed by atoms with Crippen LogP contribution in [-0.4, -0.2) is 30.9 Å². The van der Waals surface area contributed by atoms with Crippen molar-refractivity contribution in [1.82, 2.24) is 4.57 Å². The highest BCUT2D eigenvalue weighted by atomic mass is 32.1. The van der Waals surface area contributed by atoms with Gasteiger partial charge in [0.15, 0.2) is 16.3 Å². The lowest BCUT2D eigenvalue weighted by molar-refractivity contribution is -0.139. The summed E-state index contributed by atoms with van der Waals surface area (Å²) in [7, 11) is 1.57. The first kappa shape index (κ1) is 28.9. The van der Waals surface area contributed by atoms with Crippen LogP contribution >= 0.6 is 11.3 Å². The SMILES string of the molecule is CCOC(=O)C1=C(C)N=c2s/c(=C\c3ccc(OCc4ccccc4)cc3)c(=O)n2C1c1ccc(OC)c(OCC)c1. The fourth-order valence-electron chi connectivity index (χ4n) is 4.79. The Morgan fingerprint density at radius 1 is 0.976 bits per heavy atom. The van der Waals surface area contributed by atoms with Gasteiger partial charge in [-0.25, -0.2) is 9.79 Å². The van der Waals surface area contributed by atoms with Crippen LogP contribution in [0.15, 0.2) is 93.9 Å².